The highest BCUT2D eigenvalue weighted by Gasteiger charge is 2.15. The molecule has 0 aromatic heterocycles. The van der Waals surface area contributed by atoms with Gasteiger partial charge < -0.3 is 14.2 Å². The van der Waals surface area contributed by atoms with Gasteiger partial charge in [-0.2, -0.15) is 5.10 Å². The van der Waals surface area contributed by atoms with Gasteiger partial charge in [-0.15, -0.1) is 0 Å². The van der Waals surface area contributed by atoms with Crippen molar-refractivity contribution in [1.29, 1.82) is 0 Å². The minimum atomic E-state index is -0.410. The summed E-state index contributed by atoms with van der Waals surface area (Å²) in [4.78, 5) is 12.8. The van der Waals surface area contributed by atoms with E-state index in [1.54, 1.807) is 36.4 Å². The fraction of sp³-hybridized carbons (Fsp3) is 0.111. The van der Waals surface area contributed by atoms with Gasteiger partial charge in [0.25, 0.3) is 5.91 Å². The molecule has 0 radical (unpaired) electrons. The summed E-state index contributed by atoms with van der Waals surface area (Å²) in [6, 6.07) is 19.8. The summed E-state index contributed by atoms with van der Waals surface area (Å²) < 4.78 is 16.7. The Morgan fingerprint density at radius 2 is 1.61 bits per heavy atom. The monoisotopic (exact) mass is 542 g/mol. The maximum atomic E-state index is 12.8. The van der Waals surface area contributed by atoms with E-state index in [-0.39, 0.29) is 6.61 Å². The molecule has 0 atom stereocenters. The van der Waals surface area contributed by atoms with E-state index in [1.807, 2.05) is 30.3 Å². The summed E-state index contributed by atoms with van der Waals surface area (Å²) in [6.45, 7) is 0.170. The van der Waals surface area contributed by atoms with Crippen LogP contribution in [0, 0.1) is 0 Å². The van der Waals surface area contributed by atoms with Crippen LogP contribution >= 0.6 is 34.8 Å². The van der Waals surface area contributed by atoms with Crippen LogP contribution in [0.15, 0.2) is 71.8 Å². The molecule has 4 rings (SSSR count). The maximum Gasteiger partial charge on any atom is 0.275 e. The highest BCUT2D eigenvalue weighted by atomic mass is 35.5. The molecular formula is C27H21Cl3N2O4. The first kappa shape index (κ1) is 25.6. The fourth-order valence-electron chi connectivity index (χ4n) is 3.53. The predicted molar refractivity (Wildman–Crippen MR) is 144 cm³/mol. The summed E-state index contributed by atoms with van der Waals surface area (Å²) in [6.07, 6.45) is 1.46. The van der Waals surface area contributed by atoms with E-state index >= 15 is 0 Å². The third-order valence-electron chi connectivity index (χ3n) is 5.33. The predicted octanol–water partition coefficient (Wildman–Crippen LogP) is 7.16. The quantitative estimate of drug-likeness (QED) is 0.189. The van der Waals surface area contributed by atoms with Crippen LogP contribution in [0.1, 0.15) is 21.5 Å². The zero-order chi connectivity index (χ0) is 25.7. The van der Waals surface area contributed by atoms with E-state index in [1.165, 1.54) is 20.4 Å². The van der Waals surface area contributed by atoms with Gasteiger partial charge in [-0.3, -0.25) is 4.79 Å². The average Bonchev–Trinajstić information content (AvgIpc) is 2.87. The largest absolute Gasteiger partial charge is 0.496 e. The Morgan fingerprint density at radius 1 is 0.889 bits per heavy atom. The molecular weight excluding hydrogens is 523 g/mol. The van der Waals surface area contributed by atoms with E-state index in [0.29, 0.717) is 43.4 Å². The van der Waals surface area contributed by atoms with Gasteiger partial charge in [0.1, 0.15) is 12.4 Å². The molecule has 4 aromatic carbocycles. The fourth-order valence-corrected chi connectivity index (χ4v) is 4.27. The molecule has 0 fully saturated rings. The van der Waals surface area contributed by atoms with Gasteiger partial charge in [0.15, 0.2) is 11.5 Å². The van der Waals surface area contributed by atoms with Crippen molar-refractivity contribution in [2.75, 3.05) is 14.2 Å². The lowest BCUT2D eigenvalue weighted by Gasteiger charge is -2.14. The van der Waals surface area contributed by atoms with Gasteiger partial charge in [-0.05, 0) is 52.7 Å². The van der Waals surface area contributed by atoms with Crippen LogP contribution in [-0.4, -0.2) is 26.3 Å². The van der Waals surface area contributed by atoms with Crippen molar-refractivity contribution in [2.45, 2.75) is 6.61 Å². The average molecular weight is 544 g/mol. The molecule has 1 N–H and O–H groups in total. The Balaban J connectivity index is 1.49. The second-order valence-electron chi connectivity index (χ2n) is 7.66. The Labute approximate surface area is 223 Å². The molecule has 1 amide bonds. The standard InChI is InChI=1S/C27H21Cl3N2O4/c1-34-24-12-18-6-4-3-5-17(18)11-21(24)27(33)32-31-14-16-9-23(30)26(25(10-16)35-2)36-15-19-7-8-20(28)13-22(19)29/h3-14H,15H2,1-2H3,(H,32,33)/b31-14-. The number of fused-ring (bicyclic) bond motifs is 1. The van der Waals surface area contributed by atoms with Crippen LogP contribution < -0.4 is 19.6 Å². The van der Waals surface area contributed by atoms with Crippen molar-refractivity contribution >= 4 is 57.7 Å². The number of carbonyl (C=O) groups is 1. The molecule has 0 spiro atoms. The summed E-state index contributed by atoms with van der Waals surface area (Å²) in [5.74, 6) is 0.795. The van der Waals surface area contributed by atoms with Gasteiger partial charge in [-0.1, -0.05) is 65.1 Å². The smallest absolute Gasteiger partial charge is 0.275 e. The molecule has 0 bridgehead atoms. The number of halogens is 3. The lowest BCUT2D eigenvalue weighted by atomic mass is 10.1. The van der Waals surface area contributed by atoms with Crippen molar-refractivity contribution in [2.24, 2.45) is 5.10 Å². The first-order valence-corrected chi connectivity index (χ1v) is 11.9. The molecule has 0 aliphatic carbocycles. The Hall–Kier alpha value is -3.45. The van der Waals surface area contributed by atoms with Gasteiger partial charge in [-0.25, -0.2) is 5.43 Å². The SMILES string of the molecule is COc1cc2ccccc2cc1C(=O)N/N=C\c1cc(Cl)c(OCc2ccc(Cl)cc2Cl)c(OC)c1. The molecule has 0 saturated heterocycles. The molecule has 0 saturated carbocycles. The topological polar surface area (TPSA) is 69.2 Å². The Morgan fingerprint density at radius 3 is 2.31 bits per heavy atom. The van der Waals surface area contributed by atoms with E-state index < -0.39 is 5.91 Å². The molecule has 9 heteroatoms. The number of hydrazone groups is 1. The molecule has 0 aliphatic heterocycles. The Kier molecular flexibility index (Phi) is 8.21. The number of benzene rings is 4. The first-order valence-electron chi connectivity index (χ1n) is 10.7. The number of rotatable bonds is 8. The van der Waals surface area contributed by atoms with Crippen LogP contribution in [-0.2, 0) is 6.61 Å². The number of amides is 1. The van der Waals surface area contributed by atoms with Crippen molar-refractivity contribution < 1.29 is 19.0 Å². The van der Waals surface area contributed by atoms with Crippen LogP contribution in [0.25, 0.3) is 10.8 Å². The molecule has 0 unspecified atom stereocenters. The zero-order valence-electron chi connectivity index (χ0n) is 19.3. The van der Waals surface area contributed by atoms with Crippen molar-refractivity contribution in [3.05, 3.63) is 98.5 Å². The van der Waals surface area contributed by atoms with E-state index in [4.69, 9.17) is 49.0 Å². The number of methoxy groups -OCH3 is 2. The number of hydrogen-bond donors (Lipinski definition) is 1. The number of nitrogens with zero attached hydrogens (tertiary/aromatic N) is 1. The Bertz CT molecular complexity index is 1460. The van der Waals surface area contributed by atoms with E-state index in [9.17, 15) is 4.79 Å². The second-order valence-corrected chi connectivity index (χ2v) is 8.91. The summed E-state index contributed by atoms with van der Waals surface area (Å²) in [5.41, 5.74) is 4.24. The van der Waals surface area contributed by atoms with Crippen LogP contribution in [0.5, 0.6) is 17.2 Å². The number of carbonyl (C=O) groups excluding carboxylic acids is 1. The van der Waals surface area contributed by atoms with Gasteiger partial charge >= 0.3 is 0 Å². The first-order chi connectivity index (χ1) is 17.4. The van der Waals surface area contributed by atoms with Crippen LogP contribution in [0.3, 0.4) is 0 Å². The number of nitrogens with one attached hydrogen (secondary N) is 1. The third-order valence-corrected chi connectivity index (χ3v) is 6.20. The molecule has 184 valence electrons. The summed E-state index contributed by atoms with van der Waals surface area (Å²) in [5, 5.41) is 7.28. The van der Waals surface area contributed by atoms with Gasteiger partial charge in [0, 0.05) is 15.6 Å². The van der Waals surface area contributed by atoms with E-state index in [0.717, 1.165) is 16.3 Å². The molecule has 0 heterocycles. The van der Waals surface area contributed by atoms with Crippen molar-refractivity contribution in [3.8, 4) is 17.2 Å². The number of ether oxygens (including phenoxy) is 3. The molecule has 6 nitrogen and oxygen atoms in total. The zero-order valence-corrected chi connectivity index (χ0v) is 21.6. The van der Waals surface area contributed by atoms with Crippen molar-refractivity contribution in [3.63, 3.8) is 0 Å². The van der Waals surface area contributed by atoms with Gasteiger partial charge in [0.05, 0.1) is 31.0 Å². The second kappa shape index (κ2) is 11.5. The van der Waals surface area contributed by atoms with Crippen LogP contribution in [0.2, 0.25) is 15.1 Å². The molecule has 36 heavy (non-hydrogen) atoms. The van der Waals surface area contributed by atoms with Gasteiger partial charge in [0.2, 0.25) is 0 Å². The summed E-state index contributed by atoms with van der Waals surface area (Å²) >= 11 is 18.6. The minimum absolute atomic E-state index is 0.170. The lowest BCUT2D eigenvalue weighted by molar-refractivity contribution is 0.0952. The highest BCUT2D eigenvalue weighted by molar-refractivity contribution is 6.35. The summed E-state index contributed by atoms with van der Waals surface area (Å²) in [7, 11) is 3.02. The highest BCUT2D eigenvalue weighted by Crippen LogP contribution is 2.37. The molecule has 4 aromatic rings. The molecule has 0 aliphatic rings. The van der Waals surface area contributed by atoms with Crippen molar-refractivity contribution in [1.82, 2.24) is 5.43 Å². The van der Waals surface area contributed by atoms with Crippen LogP contribution in [0.4, 0.5) is 0 Å². The lowest BCUT2D eigenvalue weighted by Crippen LogP contribution is -2.18. The van der Waals surface area contributed by atoms with E-state index in [2.05, 4.69) is 10.5 Å². The third kappa shape index (κ3) is 5.85. The minimum Gasteiger partial charge on any atom is -0.496 e. The normalized spacial score (nSPS) is 11.0. The number of hydrogen-bond acceptors (Lipinski definition) is 5. The maximum absolute atomic E-state index is 12.8.